The van der Waals surface area contributed by atoms with Crippen LogP contribution in [0.2, 0.25) is 0 Å². The highest BCUT2D eigenvalue weighted by Gasteiger charge is 2.24. The van der Waals surface area contributed by atoms with Crippen molar-refractivity contribution in [1.82, 2.24) is 10.1 Å². The van der Waals surface area contributed by atoms with Crippen LogP contribution in [-0.4, -0.2) is 23.4 Å². The molecule has 1 fully saturated rings. The lowest BCUT2D eigenvalue weighted by Crippen LogP contribution is -2.19. The second-order valence-electron chi connectivity index (χ2n) is 4.65. The molecule has 0 aliphatic heterocycles. The van der Waals surface area contributed by atoms with Crippen LogP contribution in [0.25, 0.3) is 0 Å². The van der Waals surface area contributed by atoms with E-state index >= 15 is 0 Å². The van der Waals surface area contributed by atoms with Crippen LogP contribution >= 0.6 is 0 Å². The van der Waals surface area contributed by atoms with Crippen molar-refractivity contribution in [1.29, 1.82) is 0 Å². The summed E-state index contributed by atoms with van der Waals surface area (Å²) in [7, 11) is 0. The van der Waals surface area contributed by atoms with Crippen molar-refractivity contribution in [3.63, 3.8) is 0 Å². The topological polar surface area (TPSA) is 74.2 Å². The van der Waals surface area contributed by atoms with Crippen LogP contribution in [0.15, 0.2) is 4.52 Å². The van der Waals surface area contributed by atoms with Crippen molar-refractivity contribution in [2.45, 2.75) is 51.0 Å². The Bertz CT molecular complexity index is 334. The van der Waals surface area contributed by atoms with E-state index in [0.717, 1.165) is 31.8 Å². The Morgan fingerprint density at radius 3 is 2.94 bits per heavy atom. The van der Waals surface area contributed by atoms with E-state index in [2.05, 4.69) is 17.1 Å². The second-order valence-corrected chi connectivity index (χ2v) is 4.65. The van der Waals surface area contributed by atoms with Crippen LogP contribution in [0.3, 0.4) is 0 Å². The van der Waals surface area contributed by atoms with Crippen molar-refractivity contribution >= 4 is 0 Å². The summed E-state index contributed by atoms with van der Waals surface area (Å²) < 4.78 is 10.7. The van der Waals surface area contributed by atoms with E-state index in [1.165, 1.54) is 12.8 Å². The molecule has 5 nitrogen and oxygen atoms in total. The fourth-order valence-electron chi connectivity index (χ4n) is 2.17. The molecule has 1 aromatic heterocycles. The maximum atomic E-state index is 5.94. The van der Waals surface area contributed by atoms with Gasteiger partial charge < -0.3 is 15.0 Å². The Kier molecular flexibility index (Phi) is 4.50. The van der Waals surface area contributed by atoms with Gasteiger partial charge in [0.25, 0.3) is 0 Å². The molecule has 0 saturated heterocycles. The second kappa shape index (κ2) is 6.12. The average molecular weight is 239 g/mol. The zero-order valence-corrected chi connectivity index (χ0v) is 10.4. The number of nitrogens with zero attached hydrogens (tertiary/aromatic N) is 2. The largest absolute Gasteiger partial charge is 0.379 e. The molecule has 0 spiro atoms. The number of hydrogen-bond acceptors (Lipinski definition) is 5. The summed E-state index contributed by atoms with van der Waals surface area (Å²) in [6, 6.07) is -0.277. The first-order valence-electron chi connectivity index (χ1n) is 6.48. The lowest BCUT2D eigenvalue weighted by molar-refractivity contribution is 0.119. The fourth-order valence-corrected chi connectivity index (χ4v) is 2.17. The summed E-state index contributed by atoms with van der Waals surface area (Å²) >= 11 is 0. The minimum absolute atomic E-state index is 0.277. The Balaban J connectivity index is 1.88. The first-order chi connectivity index (χ1) is 8.31. The van der Waals surface area contributed by atoms with Crippen molar-refractivity contribution < 1.29 is 9.26 Å². The van der Waals surface area contributed by atoms with E-state index in [9.17, 15) is 0 Å². The monoisotopic (exact) mass is 239 g/mol. The van der Waals surface area contributed by atoms with Gasteiger partial charge in [0.05, 0.1) is 12.6 Å². The highest BCUT2D eigenvalue weighted by Crippen LogP contribution is 2.33. The molecule has 1 aromatic rings. The molecule has 1 heterocycles. The van der Waals surface area contributed by atoms with Gasteiger partial charge in [-0.3, -0.25) is 0 Å². The molecule has 0 aromatic carbocycles. The molecule has 2 N–H and O–H groups in total. The van der Waals surface area contributed by atoms with Gasteiger partial charge >= 0.3 is 0 Å². The summed E-state index contributed by atoms with van der Waals surface area (Å²) in [6.45, 7) is 3.25. The zero-order chi connectivity index (χ0) is 12.1. The average Bonchev–Trinajstić information content (AvgIpc) is 3.00. The summed E-state index contributed by atoms with van der Waals surface area (Å²) in [5, 5.41) is 3.95. The van der Waals surface area contributed by atoms with Crippen LogP contribution < -0.4 is 5.73 Å². The predicted octanol–water partition coefficient (Wildman–Crippen LogP) is 2.15. The molecule has 1 aliphatic rings. The van der Waals surface area contributed by atoms with E-state index in [-0.39, 0.29) is 6.04 Å². The van der Waals surface area contributed by atoms with Gasteiger partial charge in [-0.05, 0) is 19.3 Å². The van der Waals surface area contributed by atoms with Gasteiger partial charge in [-0.25, -0.2) is 0 Å². The minimum atomic E-state index is -0.277. The van der Waals surface area contributed by atoms with Crippen molar-refractivity contribution in [3.05, 3.63) is 11.7 Å². The third-order valence-electron chi connectivity index (χ3n) is 3.14. The summed E-state index contributed by atoms with van der Waals surface area (Å²) in [4.78, 5) is 4.39. The predicted molar refractivity (Wildman–Crippen MR) is 63.5 cm³/mol. The number of aromatic nitrogens is 2. The molecule has 1 aliphatic carbocycles. The Morgan fingerprint density at radius 2 is 2.24 bits per heavy atom. The summed E-state index contributed by atoms with van der Waals surface area (Å²) in [5.74, 6) is 1.77. The maximum absolute atomic E-state index is 5.94. The van der Waals surface area contributed by atoms with E-state index in [0.29, 0.717) is 18.3 Å². The highest BCUT2D eigenvalue weighted by molar-refractivity contribution is 4.99. The van der Waals surface area contributed by atoms with Crippen LogP contribution in [-0.2, 0) is 4.74 Å². The summed E-state index contributed by atoms with van der Waals surface area (Å²) in [5.41, 5.74) is 5.94. The Labute approximate surface area is 102 Å². The molecule has 96 valence electrons. The Morgan fingerprint density at radius 1 is 1.47 bits per heavy atom. The smallest absolute Gasteiger partial charge is 0.229 e. The molecule has 0 amide bonds. The molecular weight excluding hydrogens is 218 g/mol. The van der Waals surface area contributed by atoms with Gasteiger partial charge in [0.15, 0.2) is 5.82 Å². The van der Waals surface area contributed by atoms with Gasteiger partial charge in [-0.2, -0.15) is 4.98 Å². The third-order valence-corrected chi connectivity index (χ3v) is 3.14. The van der Waals surface area contributed by atoms with Gasteiger partial charge in [-0.1, -0.05) is 24.9 Å². The highest BCUT2D eigenvalue weighted by atomic mass is 16.5. The lowest BCUT2D eigenvalue weighted by Gasteiger charge is -2.06. The molecule has 1 atom stereocenters. The third kappa shape index (κ3) is 3.26. The number of hydrogen-bond donors (Lipinski definition) is 1. The minimum Gasteiger partial charge on any atom is -0.379 e. The van der Waals surface area contributed by atoms with Crippen LogP contribution in [0.4, 0.5) is 0 Å². The fraction of sp³-hybridized carbons (Fsp3) is 0.833. The van der Waals surface area contributed by atoms with Crippen molar-refractivity contribution in [2.75, 3.05) is 13.2 Å². The van der Waals surface area contributed by atoms with Gasteiger partial charge in [0, 0.05) is 12.5 Å². The SMILES string of the molecule is CCCOCC(N)c1noc(C2CCCC2)n1. The van der Waals surface area contributed by atoms with Crippen LogP contribution in [0.5, 0.6) is 0 Å². The molecule has 2 rings (SSSR count). The number of nitrogens with two attached hydrogens (primary N) is 1. The normalized spacial score (nSPS) is 18.7. The number of ether oxygens (including phenoxy) is 1. The zero-order valence-electron chi connectivity index (χ0n) is 10.4. The molecular formula is C12H21N3O2. The molecule has 5 heteroatoms. The molecule has 0 radical (unpaired) electrons. The summed E-state index contributed by atoms with van der Waals surface area (Å²) in [6.07, 6.45) is 5.82. The van der Waals surface area contributed by atoms with Crippen molar-refractivity contribution in [2.24, 2.45) is 5.73 Å². The lowest BCUT2D eigenvalue weighted by atomic mass is 10.1. The first-order valence-corrected chi connectivity index (χ1v) is 6.48. The standard InChI is InChI=1S/C12H21N3O2/c1-2-7-16-8-10(13)11-14-12(17-15-11)9-5-3-4-6-9/h9-10H,2-8,13H2,1H3. The molecule has 0 bridgehead atoms. The maximum Gasteiger partial charge on any atom is 0.229 e. The van der Waals surface area contributed by atoms with Gasteiger partial charge in [-0.15, -0.1) is 0 Å². The van der Waals surface area contributed by atoms with Gasteiger partial charge in [0.2, 0.25) is 5.89 Å². The Hall–Kier alpha value is -0.940. The van der Waals surface area contributed by atoms with Crippen LogP contribution in [0, 0.1) is 0 Å². The van der Waals surface area contributed by atoms with E-state index in [1.54, 1.807) is 0 Å². The van der Waals surface area contributed by atoms with Gasteiger partial charge in [0.1, 0.15) is 0 Å². The van der Waals surface area contributed by atoms with E-state index in [4.69, 9.17) is 15.0 Å². The van der Waals surface area contributed by atoms with E-state index in [1.807, 2.05) is 0 Å². The first kappa shape index (κ1) is 12.5. The molecule has 17 heavy (non-hydrogen) atoms. The van der Waals surface area contributed by atoms with E-state index < -0.39 is 0 Å². The van der Waals surface area contributed by atoms with Crippen LogP contribution in [0.1, 0.15) is 62.7 Å². The number of rotatable bonds is 6. The molecule has 1 unspecified atom stereocenters. The quantitative estimate of drug-likeness (QED) is 0.770. The molecule has 1 saturated carbocycles. The van der Waals surface area contributed by atoms with Crippen molar-refractivity contribution in [3.8, 4) is 0 Å².